The van der Waals surface area contributed by atoms with E-state index in [0.29, 0.717) is 18.0 Å². The Bertz CT molecular complexity index is 717. The number of nitrogens with one attached hydrogen (secondary N) is 1. The van der Waals surface area contributed by atoms with Gasteiger partial charge in [-0.15, -0.1) is 0 Å². The van der Waals surface area contributed by atoms with Gasteiger partial charge in [0.05, 0.1) is 7.11 Å². The fourth-order valence-electron chi connectivity index (χ4n) is 3.11. The third-order valence-corrected chi connectivity index (χ3v) is 4.93. The average Bonchev–Trinajstić information content (AvgIpc) is 2.72. The van der Waals surface area contributed by atoms with Crippen LogP contribution in [-0.2, 0) is 13.1 Å². The van der Waals surface area contributed by atoms with Crippen LogP contribution >= 0.6 is 0 Å². The summed E-state index contributed by atoms with van der Waals surface area (Å²) < 4.78 is 11.3. The zero-order valence-corrected chi connectivity index (χ0v) is 17.6. The van der Waals surface area contributed by atoms with Gasteiger partial charge in [-0.3, -0.25) is 0 Å². The smallest absolute Gasteiger partial charge is 0.161 e. The number of rotatable bonds is 12. The molecular formula is C23H34N2O3. The molecule has 0 aliphatic carbocycles. The number of aryl methyl sites for hydroxylation is 1. The minimum Gasteiger partial charge on any atom is -0.493 e. The van der Waals surface area contributed by atoms with Crippen LogP contribution in [-0.4, -0.2) is 49.5 Å². The first-order valence-electron chi connectivity index (χ1n) is 10.0. The highest BCUT2D eigenvalue weighted by atomic mass is 16.5. The molecule has 0 spiro atoms. The SMILES string of the molecule is CCN(CC)C[C@H](O)COc1ccc(CNCc2ccccc2C)cc1OC. The monoisotopic (exact) mass is 386 g/mol. The summed E-state index contributed by atoms with van der Waals surface area (Å²) >= 11 is 0. The van der Waals surface area contributed by atoms with Crippen LogP contribution in [0.5, 0.6) is 11.5 Å². The van der Waals surface area contributed by atoms with Crippen molar-refractivity contribution in [2.75, 3.05) is 33.4 Å². The van der Waals surface area contributed by atoms with E-state index < -0.39 is 6.10 Å². The van der Waals surface area contributed by atoms with Gasteiger partial charge in [0, 0.05) is 19.6 Å². The summed E-state index contributed by atoms with van der Waals surface area (Å²) in [7, 11) is 1.64. The van der Waals surface area contributed by atoms with E-state index in [1.165, 1.54) is 11.1 Å². The van der Waals surface area contributed by atoms with Crippen molar-refractivity contribution in [3.05, 3.63) is 59.2 Å². The van der Waals surface area contributed by atoms with Crippen LogP contribution in [0, 0.1) is 6.92 Å². The van der Waals surface area contributed by atoms with Crippen LogP contribution in [0.3, 0.4) is 0 Å². The first-order valence-corrected chi connectivity index (χ1v) is 10.0. The number of hydrogen-bond acceptors (Lipinski definition) is 5. The van der Waals surface area contributed by atoms with Crippen LogP contribution in [0.2, 0.25) is 0 Å². The van der Waals surface area contributed by atoms with Crippen molar-refractivity contribution in [2.45, 2.75) is 40.0 Å². The molecule has 0 fully saturated rings. The molecular weight excluding hydrogens is 352 g/mol. The number of aliphatic hydroxyl groups is 1. The minimum atomic E-state index is -0.528. The predicted molar refractivity (Wildman–Crippen MR) is 114 cm³/mol. The Balaban J connectivity index is 1.88. The third kappa shape index (κ3) is 6.82. The van der Waals surface area contributed by atoms with E-state index in [1.807, 2.05) is 18.2 Å². The molecule has 0 unspecified atom stereocenters. The molecule has 0 saturated carbocycles. The number of aliphatic hydroxyl groups excluding tert-OH is 1. The topological polar surface area (TPSA) is 54.0 Å². The number of methoxy groups -OCH3 is 1. The number of nitrogens with zero attached hydrogens (tertiary/aromatic N) is 1. The van der Waals surface area contributed by atoms with Crippen LogP contribution < -0.4 is 14.8 Å². The van der Waals surface area contributed by atoms with Gasteiger partial charge in [0.1, 0.15) is 12.7 Å². The molecule has 0 amide bonds. The molecule has 0 aliphatic rings. The predicted octanol–water partition coefficient (Wildman–Crippen LogP) is 3.37. The highest BCUT2D eigenvalue weighted by molar-refractivity contribution is 5.43. The lowest BCUT2D eigenvalue weighted by Crippen LogP contribution is -2.35. The largest absolute Gasteiger partial charge is 0.493 e. The van der Waals surface area contributed by atoms with Crippen molar-refractivity contribution >= 4 is 0 Å². The van der Waals surface area contributed by atoms with Crippen LogP contribution in [0.1, 0.15) is 30.5 Å². The Hall–Kier alpha value is -2.08. The molecule has 2 aromatic rings. The van der Waals surface area contributed by atoms with Gasteiger partial charge < -0.3 is 24.8 Å². The third-order valence-electron chi connectivity index (χ3n) is 4.93. The van der Waals surface area contributed by atoms with E-state index in [1.54, 1.807) is 7.11 Å². The Morgan fingerprint density at radius 2 is 1.79 bits per heavy atom. The maximum atomic E-state index is 10.2. The highest BCUT2D eigenvalue weighted by Gasteiger charge is 2.12. The van der Waals surface area contributed by atoms with Gasteiger partial charge in [0.15, 0.2) is 11.5 Å². The molecule has 0 aromatic heterocycles. The molecule has 0 heterocycles. The van der Waals surface area contributed by atoms with Crippen molar-refractivity contribution in [1.82, 2.24) is 10.2 Å². The molecule has 5 nitrogen and oxygen atoms in total. The number of likely N-dealkylation sites (N-methyl/N-ethyl adjacent to an activating group) is 1. The molecule has 0 bridgehead atoms. The molecule has 0 saturated heterocycles. The molecule has 1 atom stereocenters. The molecule has 154 valence electrons. The second kappa shape index (κ2) is 11.7. The van der Waals surface area contributed by atoms with E-state index in [4.69, 9.17) is 9.47 Å². The molecule has 2 aromatic carbocycles. The first kappa shape index (κ1) is 22.2. The number of ether oxygens (including phenoxy) is 2. The Morgan fingerprint density at radius 3 is 2.46 bits per heavy atom. The Morgan fingerprint density at radius 1 is 1.04 bits per heavy atom. The normalized spacial score (nSPS) is 12.2. The molecule has 2 N–H and O–H groups in total. The van der Waals surface area contributed by atoms with Gasteiger partial charge in [-0.1, -0.05) is 44.2 Å². The summed E-state index contributed by atoms with van der Waals surface area (Å²) in [4.78, 5) is 2.18. The van der Waals surface area contributed by atoms with Crippen molar-refractivity contribution < 1.29 is 14.6 Å². The number of benzene rings is 2. The summed E-state index contributed by atoms with van der Waals surface area (Å²) in [6, 6.07) is 14.3. The number of hydrogen-bond donors (Lipinski definition) is 2. The average molecular weight is 387 g/mol. The zero-order valence-electron chi connectivity index (χ0n) is 17.6. The summed E-state index contributed by atoms with van der Waals surface area (Å²) in [5.74, 6) is 1.34. The standard InChI is InChI=1S/C23H34N2O3/c1-5-25(6-2)16-21(26)17-28-22-12-11-19(13-23(22)27-4)14-24-15-20-10-8-7-9-18(20)3/h7-13,21,24,26H,5-6,14-17H2,1-4H3/t21-/m0/s1. The molecule has 0 radical (unpaired) electrons. The fourth-order valence-corrected chi connectivity index (χ4v) is 3.11. The van der Waals surface area contributed by atoms with E-state index in [2.05, 4.69) is 55.3 Å². The maximum absolute atomic E-state index is 10.2. The van der Waals surface area contributed by atoms with Gasteiger partial charge >= 0.3 is 0 Å². The quantitative estimate of drug-likeness (QED) is 0.586. The molecule has 0 aliphatic heterocycles. The van der Waals surface area contributed by atoms with E-state index in [0.717, 1.165) is 31.7 Å². The van der Waals surface area contributed by atoms with Gasteiger partial charge in [-0.2, -0.15) is 0 Å². The van der Waals surface area contributed by atoms with Gasteiger partial charge in [0.25, 0.3) is 0 Å². The van der Waals surface area contributed by atoms with E-state index in [-0.39, 0.29) is 6.61 Å². The highest BCUT2D eigenvalue weighted by Crippen LogP contribution is 2.28. The second-order valence-electron chi connectivity index (χ2n) is 6.97. The summed E-state index contributed by atoms with van der Waals surface area (Å²) in [5.41, 5.74) is 3.72. The lowest BCUT2D eigenvalue weighted by atomic mass is 10.1. The van der Waals surface area contributed by atoms with Crippen molar-refractivity contribution in [1.29, 1.82) is 0 Å². The van der Waals surface area contributed by atoms with Crippen LogP contribution in [0.25, 0.3) is 0 Å². The van der Waals surface area contributed by atoms with Crippen molar-refractivity contribution in [3.8, 4) is 11.5 Å². The Labute approximate surface area is 169 Å². The second-order valence-corrected chi connectivity index (χ2v) is 6.97. The van der Waals surface area contributed by atoms with E-state index in [9.17, 15) is 5.11 Å². The van der Waals surface area contributed by atoms with Gasteiger partial charge in [0.2, 0.25) is 0 Å². The van der Waals surface area contributed by atoms with Crippen LogP contribution in [0.4, 0.5) is 0 Å². The van der Waals surface area contributed by atoms with Gasteiger partial charge in [-0.05, 0) is 48.8 Å². The lowest BCUT2D eigenvalue weighted by molar-refractivity contribution is 0.0705. The van der Waals surface area contributed by atoms with Crippen molar-refractivity contribution in [2.24, 2.45) is 0 Å². The maximum Gasteiger partial charge on any atom is 0.161 e. The summed E-state index contributed by atoms with van der Waals surface area (Å²) in [6.07, 6.45) is -0.528. The molecule has 2 rings (SSSR count). The molecule has 5 heteroatoms. The Kier molecular flexibility index (Phi) is 9.28. The van der Waals surface area contributed by atoms with Gasteiger partial charge in [-0.25, -0.2) is 0 Å². The van der Waals surface area contributed by atoms with Crippen molar-refractivity contribution in [3.63, 3.8) is 0 Å². The lowest BCUT2D eigenvalue weighted by Gasteiger charge is -2.22. The zero-order chi connectivity index (χ0) is 20.4. The first-order chi connectivity index (χ1) is 13.6. The van der Waals surface area contributed by atoms with Crippen LogP contribution in [0.15, 0.2) is 42.5 Å². The minimum absolute atomic E-state index is 0.248. The fraction of sp³-hybridized carbons (Fsp3) is 0.478. The summed E-state index contributed by atoms with van der Waals surface area (Å²) in [5, 5.41) is 13.7. The summed E-state index contributed by atoms with van der Waals surface area (Å²) in [6.45, 7) is 10.6. The molecule has 28 heavy (non-hydrogen) atoms. The van der Waals surface area contributed by atoms with E-state index >= 15 is 0 Å².